The Bertz CT molecular complexity index is 816. The molecule has 2 aliphatic rings. The van der Waals surface area contributed by atoms with Gasteiger partial charge < -0.3 is 4.42 Å². The molecule has 6 heteroatoms. The molecule has 0 radical (unpaired) electrons. The molecule has 2 aliphatic heterocycles. The Labute approximate surface area is 142 Å². The summed E-state index contributed by atoms with van der Waals surface area (Å²) in [7, 11) is -3.40. The summed E-state index contributed by atoms with van der Waals surface area (Å²) >= 11 is 0. The highest BCUT2D eigenvalue weighted by Gasteiger charge is 2.47. The van der Waals surface area contributed by atoms with Crippen LogP contribution in [0.1, 0.15) is 24.4 Å². The van der Waals surface area contributed by atoms with Gasteiger partial charge in [-0.15, -0.1) is 0 Å². The Morgan fingerprint density at radius 3 is 2.50 bits per heavy atom. The van der Waals surface area contributed by atoms with Crippen molar-refractivity contribution in [1.82, 2.24) is 9.21 Å². The predicted octanol–water partition coefficient (Wildman–Crippen LogP) is 2.63. The molecule has 5 nitrogen and oxygen atoms in total. The van der Waals surface area contributed by atoms with Crippen LogP contribution in [0.4, 0.5) is 0 Å². The molecule has 0 aliphatic carbocycles. The predicted molar refractivity (Wildman–Crippen MR) is 91.0 cm³/mol. The molecule has 1 aromatic carbocycles. The molecule has 2 saturated heterocycles. The van der Waals surface area contributed by atoms with Crippen LogP contribution in [0.5, 0.6) is 0 Å². The second-order valence-electron chi connectivity index (χ2n) is 6.62. The average Bonchev–Trinajstić information content (AvgIpc) is 3.26. The molecule has 2 atom stereocenters. The zero-order valence-electron chi connectivity index (χ0n) is 13.8. The summed E-state index contributed by atoms with van der Waals surface area (Å²) < 4.78 is 33.3. The van der Waals surface area contributed by atoms with Gasteiger partial charge in [0.1, 0.15) is 11.5 Å². The van der Waals surface area contributed by atoms with E-state index in [4.69, 9.17) is 4.42 Å². The summed E-state index contributed by atoms with van der Waals surface area (Å²) in [4.78, 5) is 2.76. The van der Waals surface area contributed by atoms with Crippen molar-refractivity contribution in [2.45, 2.75) is 43.3 Å². The number of hydrogen-bond acceptors (Lipinski definition) is 4. The smallest absolute Gasteiger partial charge is 0.243 e. The number of aryl methyl sites for hydroxylation is 1. The SMILES string of the molecule is Cc1ccc(CN2CC[C@@H]3[C@@H]2CCN3S(=O)(=O)c2ccccc2)o1. The molecule has 0 saturated carbocycles. The summed E-state index contributed by atoms with van der Waals surface area (Å²) in [6.07, 6.45) is 1.77. The van der Waals surface area contributed by atoms with Crippen LogP contribution >= 0.6 is 0 Å². The zero-order valence-corrected chi connectivity index (χ0v) is 14.6. The maximum absolute atomic E-state index is 12.9. The number of sulfonamides is 1. The van der Waals surface area contributed by atoms with E-state index in [0.717, 1.165) is 37.5 Å². The average molecular weight is 346 g/mol. The maximum atomic E-state index is 12.9. The van der Waals surface area contributed by atoms with Gasteiger partial charge >= 0.3 is 0 Å². The van der Waals surface area contributed by atoms with E-state index in [1.54, 1.807) is 28.6 Å². The molecule has 2 fully saturated rings. The molecule has 128 valence electrons. The van der Waals surface area contributed by atoms with Gasteiger partial charge in [-0.3, -0.25) is 4.90 Å². The van der Waals surface area contributed by atoms with Crippen LogP contribution in [-0.4, -0.2) is 42.8 Å². The molecule has 2 aromatic rings. The van der Waals surface area contributed by atoms with Gasteiger partial charge in [-0.1, -0.05) is 18.2 Å². The number of likely N-dealkylation sites (tertiary alicyclic amines) is 1. The minimum absolute atomic E-state index is 0.0752. The van der Waals surface area contributed by atoms with E-state index in [1.165, 1.54) is 0 Å². The Morgan fingerprint density at radius 1 is 1.04 bits per heavy atom. The molecule has 24 heavy (non-hydrogen) atoms. The molecule has 0 amide bonds. The molecule has 0 N–H and O–H groups in total. The largest absolute Gasteiger partial charge is 0.465 e. The van der Waals surface area contributed by atoms with Crippen molar-refractivity contribution in [1.29, 1.82) is 0 Å². The van der Waals surface area contributed by atoms with E-state index >= 15 is 0 Å². The van der Waals surface area contributed by atoms with Gasteiger partial charge in [-0.25, -0.2) is 8.42 Å². The monoisotopic (exact) mass is 346 g/mol. The van der Waals surface area contributed by atoms with Gasteiger partial charge in [0.15, 0.2) is 0 Å². The molecule has 1 aromatic heterocycles. The highest BCUT2D eigenvalue weighted by Crippen LogP contribution is 2.36. The first-order chi connectivity index (χ1) is 11.6. The summed E-state index contributed by atoms with van der Waals surface area (Å²) in [6.45, 7) is 4.21. The van der Waals surface area contributed by atoms with Crippen LogP contribution < -0.4 is 0 Å². The minimum atomic E-state index is -3.40. The van der Waals surface area contributed by atoms with Gasteiger partial charge in [0.25, 0.3) is 0 Å². The Kier molecular flexibility index (Phi) is 3.98. The topological polar surface area (TPSA) is 53.8 Å². The number of benzene rings is 1. The van der Waals surface area contributed by atoms with Crippen molar-refractivity contribution in [3.63, 3.8) is 0 Å². The first-order valence-corrected chi connectivity index (χ1v) is 9.86. The van der Waals surface area contributed by atoms with E-state index in [9.17, 15) is 8.42 Å². The molecule has 3 heterocycles. The van der Waals surface area contributed by atoms with Gasteiger partial charge in [-0.05, 0) is 44.0 Å². The van der Waals surface area contributed by atoms with E-state index < -0.39 is 10.0 Å². The molecule has 0 spiro atoms. The van der Waals surface area contributed by atoms with Crippen LogP contribution in [0.2, 0.25) is 0 Å². The fraction of sp³-hybridized carbons (Fsp3) is 0.444. The fourth-order valence-corrected chi connectivity index (χ4v) is 5.75. The van der Waals surface area contributed by atoms with Gasteiger partial charge in [-0.2, -0.15) is 4.31 Å². The molecule has 0 unspecified atom stereocenters. The van der Waals surface area contributed by atoms with Crippen LogP contribution in [-0.2, 0) is 16.6 Å². The van der Waals surface area contributed by atoms with E-state index in [-0.39, 0.29) is 12.1 Å². The summed E-state index contributed by atoms with van der Waals surface area (Å²) in [5.74, 6) is 1.87. The molecule has 4 rings (SSSR count). The molecule has 0 bridgehead atoms. The summed E-state index contributed by atoms with van der Waals surface area (Å²) in [5, 5.41) is 0. The number of hydrogen-bond donors (Lipinski definition) is 0. The van der Waals surface area contributed by atoms with Crippen molar-refractivity contribution < 1.29 is 12.8 Å². The lowest BCUT2D eigenvalue weighted by atomic mass is 10.1. The van der Waals surface area contributed by atoms with Gasteiger partial charge in [0.05, 0.1) is 11.4 Å². The third-order valence-corrected chi connectivity index (χ3v) is 7.08. The Hall–Kier alpha value is -1.63. The van der Waals surface area contributed by atoms with Crippen molar-refractivity contribution in [2.24, 2.45) is 0 Å². The fourth-order valence-electron chi connectivity index (χ4n) is 4.03. The second-order valence-corrected chi connectivity index (χ2v) is 8.51. The highest BCUT2D eigenvalue weighted by atomic mass is 32.2. The van der Waals surface area contributed by atoms with Crippen LogP contribution in [0.15, 0.2) is 51.8 Å². The second kappa shape index (κ2) is 6.02. The minimum Gasteiger partial charge on any atom is -0.465 e. The quantitative estimate of drug-likeness (QED) is 0.854. The third-order valence-electron chi connectivity index (χ3n) is 5.15. The zero-order chi connectivity index (χ0) is 16.7. The standard InChI is InChI=1S/C18H22N2O3S/c1-14-7-8-15(23-14)13-19-11-9-18-17(19)10-12-20(18)24(21,22)16-5-3-2-4-6-16/h2-8,17-18H,9-13H2,1H3/t17-,18+/m0/s1. The van der Waals surface area contributed by atoms with Crippen molar-refractivity contribution in [2.75, 3.05) is 13.1 Å². The number of rotatable bonds is 4. The van der Waals surface area contributed by atoms with Gasteiger partial charge in [0.2, 0.25) is 10.0 Å². The number of fused-ring (bicyclic) bond motifs is 1. The van der Waals surface area contributed by atoms with Crippen LogP contribution in [0, 0.1) is 6.92 Å². The van der Waals surface area contributed by atoms with Crippen molar-refractivity contribution in [3.05, 3.63) is 54.0 Å². The first kappa shape index (κ1) is 15.9. The number of furan rings is 1. The van der Waals surface area contributed by atoms with Crippen LogP contribution in [0.3, 0.4) is 0 Å². The summed E-state index contributed by atoms with van der Waals surface area (Å²) in [5.41, 5.74) is 0. The molecular formula is C18H22N2O3S. The van der Waals surface area contributed by atoms with E-state index in [0.29, 0.717) is 11.4 Å². The highest BCUT2D eigenvalue weighted by molar-refractivity contribution is 7.89. The normalized spacial score (nSPS) is 25.2. The van der Waals surface area contributed by atoms with Crippen LogP contribution in [0.25, 0.3) is 0 Å². The molecular weight excluding hydrogens is 324 g/mol. The lowest BCUT2D eigenvalue weighted by Crippen LogP contribution is -2.39. The van der Waals surface area contributed by atoms with E-state index in [2.05, 4.69) is 4.90 Å². The lowest BCUT2D eigenvalue weighted by Gasteiger charge is -2.24. The third kappa shape index (κ3) is 2.68. The number of nitrogens with zero attached hydrogens (tertiary/aromatic N) is 2. The van der Waals surface area contributed by atoms with E-state index in [1.807, 2.05) is 25.1 Å². The first-order valence-electron chi connectivity index (χ1n) is 8.42. The Balaban J connectivity index is 1.52. The Morgan fingerprint density at radius 2 is 1.79 bits per heavy atom. The van der Waals surface area contributed by atoms with Crippen molar-refractivity contribution >= 4 is 10.0 Å². The van der Waals surface area contributed by atoms with Gasteiger partial charge in [0, 0.05) is 25.2 Å². The summed E-state index contributed by atoms with van der Waals surface area (Å²) in [6, 6.07) is 13.1. The van der Waals surface area contributed by atoms with Crippen molar-refractivity contribution in [3.8, 4) is 0 Å². The maximum Gasteiger partial charge on any atom is 0.243 e. The lowest BCUT2D eigenvalue weighted by molar-refractivity contribution is 0.220.